The fraction of sp³-hybridized carbons (Fsp3) is 0.444. The van der Waals surface area contributed by atoms with E-state index in [0.717, 1.165) is 68.4 Å². The van der Waals surface area contributed by atoms with Gasteiger partial charge in [-0.2, -0.15) is 0 Å². The molecule has 0 N–H and O–H groups in total. The van der Waals surface area contributed by atoms with Gasteiger partial charge in [0.1, 0.15) is 17.9 Å². The SMILES string of the molecule is CCN1CCCc2cc3cc(-c4cc[n+](CCCCCC(C)=O)c(C)c4)c(=O)oc3cc21. The third-order valence-electron chi connectivity index (χ3n) is 6.52. The number of nitrogens with zero attached hydrogens (tertiary/aromatic N) is 2. The van der Waals surface area contributed by atoms with E-state index in [9.17, 15) is 9.59 Å². The minimum Gasteiger partial charge on any atom is -0.422 e. The van der Waals surface area contributed by atoms with Gasteiger partial charge < -0.3 is 14.1 Å². The Hall–Kier alpha value is -2.95. The van der Waals surface area contributed by atoms with Crippen molar-refractivity contribution in [3.8, 4) is 11.1 Å². The molecular weight excluding hydrogens is 400 g/mol. The van der Waals surface area contributed by atoms with E-state index < -0.39 is 0 Å². The van der Waals surface area contributed by atoms with Crippen LogP contribution in [-0.4, -0.2) is 18.9 Å². The van der Waals surface area contributed by atoms with Crippen molar-refractivity contribution in [1.82, 2.24) is 0 Å². The molecule has 0 unspecified atom stereocenters. The van der Waals surface area contributed by atoms with Gasteiger partial charge in [-0.15, -0.1) is 0 Å². The lowest BCUT2D eigenvalue weighted by Gasteiger charge is -2.30. The van der Waals surface area contributed by atoms with Gasteiger partial charge >= 0.3 is 5.63 Å². The lowest BCUT2D eigenvalue weighted by atomic mass is 9.98. The van der Waals surface area contributed by atoms with E-state index in [0.29, 0.717) is 17.6 Å². The van der Waals surface area contributed by atoms with Crippen molar-refractivity contribution in [2.45, 2.75) is 65.8 Å². The highest BCUT2D eigenvalue weighted by atomic mass is 16.4. The molecule has 32 heavy (non-hydrogen) atoms. The van der Waals surface area contributed by atoms with Crippen LogP contribution in [-0.2, 0) is 17.8 Å². The number of carbonyl (C=O) groups is 1. The van der Waals surface area contributed by atoms with Gasteiger partial charge in [0.15, 0.2) is 11.9 Å². The summed E-state index contributed by atoms with van der Waals surface area (Å²) in [7, 11) is 0. The largest absolute Gasteiger partial charge is 0.422 e. The molecule has 2 aromatic heterocycles. The molecule has 0 amide bonds. The number of fused-ring (bicyclic) bond motifs is 2. The van der Waals surface area contributed by atoms with Crippen LogP contribution < -0.4 is 15.1 Å². The van der Waals surface area contributed by atoms with Crippen molar-refractivity contribution in [1.29, 1.82) is 0 Å². The highest BCUT2D eigenvalue weighted by molar-refractivity contribution is 5.86. The van der Waals surface area contributed by atoms with Crippen LogP contribution >= 0.6 is 0 Å². The second-order valence-corrected chi connectivity index (χ2v) is 8.91. The Morgan fingerprint density at radius 3 is 2.75 bits per heavy atom. The van der Waals surface area contributed by atoms with Gasteiger partial charge in [-0.3, -0.25) is 0 Å². The van der Waals surface area contributed by atoms with Gasteiger partial charge in [-0.25, -0.2) is 9.36 Å². The van der Waals surface area contributed by atoms with Crippen molar-refractivity contribution >= 4 is 22.4 Å². The molecule has 1 aliphatic rings. The normalized spacial score (nSPS) is 13.4. The fourth-order valence-corrected chi connectivity index (χ4v) is 4.70. The summed E-state index contributed by atoms with van der Waals surface area (Å²) in [5.41, 5.74) is 5.50. The molecule has 0 atom stereocenters. The molecule has 0 fully saturated rings. The number of pyridine rings is 1. The third kappa shape index (κ3) is 4.77. The predicted molar refractivity (Wildman–Crippen MR) is 128 cm³/mol. The number of ketones is 1. The second kappa shape index (κ2) is 9.68. The Kier molecular flexibility index (Phi) is 6.73. The number of rotatable bonds is 8. The number of hydrogen-bond donors (Lipinski definition) is 0. The summed E-state index contributed by atoms with van der Waals surface area (Å²) in [6.45, 7) is 8.80. The number of Topliss-reactive ketones (excluding diaryl/α,β-unsaturated/α-hetero) is 1. The zero-order valence-corrected chi connectivity index (χ0v) is 19.4. The van der Waals surface area contributed by atoms with Crippen LogP contribution in [0.25, 0.3) is 22.1 Å². The maximum absolute atomic E-state index is 12.8. The van der Waals surface area contributed by atoms with Gasteiger partial charge in [-0.05, 0) is 57.2 Å². The van der Waals surface area contributed by atoms with Crippen molar-refractivity contribution < 1.29 is 13.8 Å². The molecule has 1 aromatic carbocycles. The molecule has 168 valence electrons. The second-order valence-electron chi connectivity index (χ2n) is 8.91. The van der Waals surface area contributed by atoms with Crippen molar-refractivity contribution in [2.75, 3.05) is 18.0 Å². The van der Waals surface area contributed by atoms with E-state index in [4.69, 9.17) is 4.42 Å². The summed E-state index contributed by atoms with van der Waals surface area (Å²) in [5, 5.41) is 0.983. The Morgan fingerprint density at radius 2 is 2.00 bits per heavy atom. The van der Waals surface area contributed by atoms with Crippen LogP contribution in [0.15, 0.2) is 45.7 Å². The summed E-state index contributed by atoms with van der Waals surface area (Å²) < 4.78 is 7.97. The summed E-state index contributed by atoms with van der Waals surface area (Å²) in [5.74, 6) is 0.260. The summed E-state index contributed by atoms with van der Waals surface area (Å²) >= 11 is 0. The molecule has 0 radical (unpaired) electrons. The first-order chi connectivity index (χ1) is 15.5. The van der Waals surface area contributed by atoms with E-state index in [2.05, 4.69) is 35.4 Å². The zero-order valence-electron chi connectivity index (χ0n) is 19.4. The highest BCUT2D eigenvalue weighted by Crippen LogP contribution is 2.32. The molecular formula is C27H33N2O3+. The molecule has 3 aromatic rings. The molecule has 0 saturated carbocycles. The number of unbranched alkanes of at least 4 members (excludes halogenated alkanes) is 2. The molecule has 3 heterocycles. The first-order valence-electron chi connectivity index (χ1n) is 11.8. The van der Waals surface area contributed by atoms with Crippen molar-refractivity contribution in [2.24, 2.45) is 0 Å². The van der Waals surface area contributed by atoms with Crippen molar-refractivity contribution in [3.05, 3.63) is 58.2 Å². The number of hydrogen-bond acceptors (Lipinski definition) is 4. The fourth-order valence-electron chi connectivity index (χ4n) is 4.70. The molecule has 4 rings (SSSR count). The number of anilines is 1. The standard InChI is InChI=1S/C27H33N2O3/c1-4-28-13-8-10-22-16-23-17-24(27(31)32-26(23)18-25(22)28)21-11-14-29(19(2)15-21)12-7-5-6-9-20(3)30/h11,14-18H,4-10,12-13H2,1-3H3/q+1. The predicted octanol–water partition coefficient (Wildman–Crippen LogP) is 4.98. The van der Waals surface area contributed by atoms with E-state index in [1.165, 1.54) is 11.3 Å². The minimum atomic E-state index is -0.294. The molecule has 5 heteroatoms. The molecule has 1 aliphatic heterocycles. The minimum absolute atomic E-state index is 0.260. The average Bonchev–Trinajstić information content (AvgIpc) is 2.77. The van der Waals surface area contributed by atoms with Gasteiger partial charge in [-0.1, -0.05) is 0 Å². The first kappa shape index (κ1) is 22.3. The van der Waals surface area contributed by atoms with E-state index >= 15 is 0 Å². The zero-order chi connectivity index (χ0) is 22.7. The lowest BCUT2D eigenvalue weighted by Crippen LogP contribution is -2.36. The highest BCUT2D eigenvalue weighted by Gasteiger charge is 2.19. The Balaban J connectivity index is 1.58. The topological polar surface area (TPSA) is 54.4 Å². The first-order valence-corrected chi connectivity index (χ1v) is 11.8. The maximum atomic E-state index is 12.8. The van der Waals surface area contributed by atoms with Gasteiger partial charge in [0.05, 0.1) is 5.56 Å². The molecule has 0 saturated heterocycles. The maximum Gasteiger partial charge on any atom is 0.344 e. The molecule has 0 spiro atoms. The van der Waals surface area contributed by atoms with Gasteiger partial charge in [0, 0.05) is 67.7 Å². The number of carbonyl (C=O) groups excluding carboxylic acids is 1. The number of aryl methyl sites for hydroxylation is 3. The summed E-state index contributed by atoms with van der Waals surface area (Å²) in [6.07, 6.45) is 7.96. The Bertz CT molecular complexity index is 1200. The molecule has 0 aliphatic carbocycles. The summed E-state index contributed by atoms with van der Waals surface area (Å²) in [6, 6.07) is 10.3. The third-order valence-corrected chi connectivity index (χ3v) is 6.52. The lowest BCUT2D eigenvalue weighted by molar-refractivity contribution is -0.703. The molecule has 0 bridgehead atoms. The van der Waals surface area contributed by atoms with Gasteiger partial charge in [0.2, 0.25) is 0 Å². The van der Waals surface area contributed by atoms with Crippen molar-refractivity contribution in [3.63, 3.8) is 0 Å². The average molecular weight is 434 g/mol. The number of benzene rings is 1. The Labute approximate surface area is 189 Å². The van der Waals surface area contributed by atoms with Crippen LogP contribution in [0.5, 0.6) is 0 Å². The monoisotopic (exact) mass is 433 g/mol. The molecule has 5 nitrogen and oxygen atoms in total. The van der Waals surface area contributed by atoms with Crippen LogP contribution in [0.2, 0.25) is 0 Å². The van der Waals surface area contributed by atoms with E-state index in [-0.39, 0.29) is 11.4 Å². The van der Waals surface area contributed by atoms with Crippen LogP contribution in [0, 0.1) is 6.92 Å². The van der Waals surface area contributed by atoms with E-state index in [1.807, 2.05) is 24.4 Å². The van der Waals surface area contributed by atoms with Crippen LogP contribution in [0.1, 0.15) is 57.2 Å². The smallest absolute Gasteiger partial charge is 0.344 e. The van der Waals surface area contributed by atoms with Crippen LogP contribution in [0.4, 0.5) is 5.69 Å². The van der Waals surface area contributed by atoms with Crippen LogP contribution in [0.3, 0.4) is 0 Å². The number of aromatic nitrogens is 1. The van der Waals surface area contributed by atoms with Gasteiger partial charge in [0.25, 0.3) is 0 Å². The Morgan fingerprint density at radius 1 is 1.16 bits per heavy atom. The van der Waals surface area contributed by atoms with E-state index in [1.54, 1.807) is 6.92 Å². The quantitative estimate of drug-likeness (QED) is 0.286. The summed E-state index contributed by atoms with van der Waals surface area (Å²) in [4.78, 5) is 26.3.